The number of aromatic nitrogens is 2. The Morgan fingerprint density at radius 1 is 1.06 bits per heavy atom. The molecule has 1 aromatic heterocycles. The van der Waals surface area contributed by atoms with Crippen LogP contribution < -0.4 is 19.9 Å². The molecule has 5 rings (SSSR count). The standard InChI is InChI=1S/C23H26N4O6S/c28-22(7-10-24-34(30,31)17-5-6-20-21(15-17)33-14-13-32-20)26-11-8-16(9-12-26)27-19-4-2-1-3-18(19)25-23(27)29/h1-6,15-16,24H,7-14H2,(H,25,29). The quantitative estimate of drug-likeness (QED) is 0.546. The molecule has 1 saturated heterocycles. The molecule has 0 atom stereocenters. The molecule has 2 aromatic carbocycles. The van der Waals surface area contributed by atoms with E-state index in [-0.39, 0.29) is 35.5 Å². The first-order chi connectivity index (χ1) is 16.4. The molecule has 0 aliphatic carbocycles. The summed E-state index contributed by atoms with van der Waals surface area (Å²) >= 11 is 0. The van der Waals surface area contributed by atoms with Gasteiger partial charge in [0.2, 0.25) is 15.9 Å². The van der Waals surface area contributed by atoms with Gasteiger partial charge in [0.25, 0.3) is 0 Å². The number of likely N-dealkylation sites (tertiary alicyclic amines) is 1. The Labute approximate surface area is 196 Å². The maximum absolute atomic E-state index is 12.7. The fourth-order valence-corrected chi connectivity index (χ4v) is 5.58. The molecular formula is C23H26N4O6S. The van der Waals surface area contributed by atoms with Crippen molar-refractivity contribution in [2.75, 3.05) is 32.8 Å². The average Bonchev–Trinajstić information content (AvgIpc) is 3.19. The first-order valence-electron chi connectivity index (χ1n) is 11.3. The number of imidazole rings is 1. The van der Waals surface area contributed by atoms with E-state index in [2.05, 4.69) is 9.71 Å². The minimum absolute atomic E-state index is 0.00254. The van der Waals surface area contributed by atoms with Crippen LogP contribution in [0.1, 0.15) is 25.3 Å². The number of nitrogens with one attached hydrogen (secondary N) is 2. The molecule has 34 heavy (non-hydrogen) atoms. The first kappa shape index (κ1) is 22.5. The van der Waals surface area contributed by atoms with E-state index in [1.165, 1.54) is 12.1 Å². The molecule has 11 heteroatoms. The molecule has 1 fully saturated rings. The van der Waals surface area contributed by atoms with E-state index in [0.717, 1.165) is 11.0 Å². The van der Waals surface area contributed by atoms with Gasteiger partial charge < -0.3 is 19.4 Å². The van der Waals surface area contributed by atoms with E-state index in [0.29, 0.717) is 50.6 Å². The number of carbonyl (C=O) groups excluding carboxylic acids is 1. The van der Waals surface area contributed by atoms with Crippen molar-refractivity contribution in [3.05, 3.63) is 52.9 Å². The van der Waals surface area contributed by atoms with Crippen LogP contribution in [-0.4, -0.2) is 61.6 Å². The highest BCUT2D eigenvalue weighted by molar-refractivity contribution is 7.89. The SMILES string of the molecule is O=C(CCNS(=O)(=O)c1ccc2c(c1)OCCO2)N1CCC(n2c(=O)[nH]c3ccccc32)CC1. The maximum atomic E-state index is 12.7. The lowest BCUT2D eigenvalue weighted by molar-refractivity contribution is -0.132. The number of hydrogen-bond acceptors (Lipinski definition) is 6. The smallest absolute Gasteiger partial charge is 0.326 e. The van der Waals surface area contributed by atoms with E-state index >= 15 is 0 Å². The normalized spacial score (nSPS) is 16.6. The number of para-hydroxylation sites is 2. The van der Waals surface area contributed by atoms with Crippen molar-refractivity contribution in [2.45, 2.75) is 30.2 Å². The lowest BCUT2D eigenvalue weighted by Crippen LogP contribution is -2.41. The molecule has 0 bridgehead atoms. The van der Waals surface area contributed by atoms with Crippen LogP contribution in [0.3, 0.4) is 0 Å². The fraction of sp³-hybridized carbons (Fsp3) is 0.391. The average molecular weight is 487 g/mol. The molecule has 0 spiro atoms. The maximum Gasteiger partial charge on any atom is 0.326 e. The molecule has 0 radical (unpaired) electrons. The molecule has 1 amide bonds. The number of nitrogens with zero attached hydrogens (tertiary/aromatic N) is 2. The van der Waals surface area contributed by atoms with Gasteiger partial charge in [-0.05, 0) is 37.1 Å². The molecule has 10 nitrogen and oxygen atoms in total. The van der Waals surface area contributed by atoms with Crippen molar-refractivity contribution in [1.29, 1.82) is 0 Å². The summed E-state index contributed by atoms with van der Waals surface area (Å²) in [6.07, 6.45) is 1.38. The molecular weight excluding hydrogens is 460 g/mol. The van der Waals surface area contributed by atoms with Gasteiger partial charge in [-0.15, -0.1) is 0 Å². The van der Waals surface area contributed by atoms with Crippen LogP contribution in [0.2, 0.25) is 0 Å². The lowest BCUT2D eigenvalue weighted by Gasteiger charge is -2.32. The highest BCUT2D eigenvalue weighted by Crippen LogP contribution is 2.32. The van der Waals surface area contributed by atoms with Gasteiger partial charge in [-0.3, -0.25) is 9.36 Å². The summed E-state index contributed by atoms with van der Waals surface area (Å²) in [7, 11) is -3.78. The summed E-state index contributed by atoms with van der Waals surface area (Å²) in [6.45, 7) is 1.82. The zero-order valence-corrected chi connectivity index (χ0v) is 19.3. The van der Waals surface area contributed by atoms with Crippen LogP contribution in [0, 0.1) is 0 Å². The third-order valence-corrected chi connectivity index (χ3v) is 7.72. The highest BCUT2D eigenvalue weighted by atomic mass is 32.2. The van der Waals surface area contributed by atoms with Crippen LogP contribution in [0.4, 0.5) is 0 Å². The first-order valence-corrected chi connectivity index (χ1v) is 12.8. The Kier molecular flexibility index (Phi) is 6.05. The van der Waals surface area contributed by atoms with Gasteiger partial charge in [-0.25, -0.2) is 17.9 Å². The number of amides is 1. The zero-order chi connectivity index (χ0) is 23.7. The van der Waals surface area contributed by atoms with Crippen molar-refractivity contribution in [1.82, 2.24) is 19.2 Å². The Morgan fingerprint density at radius 3 is 2.59 bits per heavy atom. The Hall–Kier alpha value is -3.31. The molecule has 0 saturated carbocycles. The number of H-pyrrole nitrogens is 1. The number of ether oxygens (including phenoxy) is 2. The zero-order valence-electron chi connectivity index (χ0n) is 18.5. The second-order valence-electron chi connectivity index (χ2n) is 8.38. The van der Waals surface area contributed by atoms with Gasteiger partial charge in [-0.1, -0.05) is 12.1 Å². The minimum atomic E-state index is -3.78. The van der Waals surface area contributed by atoms with Crippen molar-refractivity contribution in [2.24, 2.45) is 0 Å². The van der Waals surface area contributed by atoms with Crippen LogP contribution in [-0.2, 0) is 14.8 Å². The van der Waals surface area contributed by atoms with E-state index < -0.39 is 10.0 Å². The highest BCUT2D eigenvalue weighted by Gasteiger charge is 2.26. The number of benzene rings is 2. The molecule has 3 heterocycles. The number of hydrogen-bond donors (Lipinski definition) is 2. The molecule has 0 unspecified atom stereocenters. The van der Waals surface area contributed by atoms with Crippen molar-refractivity contribution in [3.8, 4) is 11.5 Å². The van der Waals surface area contributed by atoms with Gasteiger partial charge in [0.05, 0.1) is 15.9 Å². The summed E-state index contributed by atoms with van der Waals surface area (Å²) < 4.78 is 40.4. The van der Waals surface area contributed by atoms with Crippen LogP contribution in [0.15, 0.2) is 52.2 Å². The van der Waals surface area contributed by atoms with E-state index in [4.69, 9.17) is 9.47 Å². The van der Waals surface area contributed by atoms with Crippen molar-refractivity contribution < 1.29 is 22.7 Å². The van der Waals surface area contributed by atoms with Crippen LogP contribution in [0.5, 0.6) is 11.5 Å². The number of carbonyl (C=O) groups is 1. The number of fused-ring (bicyclic) bond motifs is 2. The number of aromatic amines is 1. The third-order valence-electron chi connectivity index (χ3n) is 6.26. The summed E-state index contributed by atoms with van der Waals surface area (Å²) in [5.41, 5.74) is 1.53. The second-order valence-corrected chi connectivity index (χ2v) is 10.1. The summed E-state index contributed by atoms with van der Waals surface area (Å²) in [6, 6.07) is 12.0. The van der Waals surface area contributed by atoms with Gasteiger partial charge in [-0.2, -0.15) is 0 Å². The minimum Gasteiger partial charge on any atom is -0.486 e. The predicted octanol–water partition coefficient (Wildman–Crippen LogP) is 1.63. The summed E-state index contributed by atoms with van der Waals surface area (Å²) in [4.78, 5) is 29.8. The molecule has 2 aliphatic rings. The van der Waals surface area contributed by atoms with Gasteiger partial charge in [0, 0.05) is 38.2 Å². The monoisotopic (exact) mass is 486 g/mol. The van der Waals surface area contributed by atoms with Gasteiger partial charge >= 0.3 is 5.69 Å². The van der Waals surface area contributed by atoms with Gasteiger partial charge in [0.15, 0.2) is 11.5 Å². The van der Waals surface area contributed by atoms with E-state index in [9.17, 15) is 18.0 Å². The second kappa shape index (κ2) is 9.15. The third kappa shape index (κ3) is 4.40. The van der Waals surface area contributed by atoms with Crippen LogP contribution >= 0.6 is 0 Å². The number of rotatable bonds is 6. The molecule has 2 N–H and O–H groups in total. The molecule has 3 aromatic rings. The van der Waals surface area contributed by atoms with Crippen LogP contribution in [0.25, 0.3) is 11.0 Å². The largest absolute Gasteiger partial charge is 0.486 e. The van der Waals surface area contributed by atoms with Crippen molar-refractivity contribution >= 4 is 27.0 Å². The fourth-order valence-electron chi connectivity index (χ4n) is 4.53. The van der Waals surface area contributed by atoms with Crippen molar-refractivity contribution in [3.63, 3.8) is 0 Å². The molecule has 2 aliphatic heterocycles. The predicted molar refractivity (Wildman–Crippen MR) is 125 cm³/mol. The van der Waals surface area contributed by atoms with E-state index in [1.54, 1.807) is 15.5 Å². The van der Waals surface area contributed by atoms with Gasteiger partial charge in [0.1, 0.15) is 13.2 Å². The number of piperidine rings is 1. The molecule has 180 valence electrons. The Balaban J connectivity index is 1.15. The lowest BCUT2D eigenvalue weighted by atomic mass is 10.0. The number of sulfonamides is 1. The summed E-state index contributed by atoms with van der Waals surface area (Å²) in [5, 5.41) is 0. The Morgan fingerprint density at radius 2 is 1.79 bits per heavy atom. The Bertz CT molecular complexity index is 1370. The summed E-state index contributed by atoms with van der Waals surface area (Å²) in [5.74, 6) is 0.788. The topological polar surface area (TPSA) is 123 Å². The van der Waals surface area contributed by atoms with E-state index in [1.807, 2.05) is 24.3 Å².